The summed E-state index contributed by atoms with van der Waals surface area (Å²) in [5.74, 6) is -0.125. The predicted molar refractivity (Wildman–Crippen MR) is 87.5 cm³/mol. The van der Waals surface area contributed by atoms with E-state index < -0.39 is 0 Å². The van der Waals surface area contributed by atoms with E-state index in [1.807, 2.05) is 0 Å². The van der Waals surface area contributed by atoms with Crippen molar-refractivity contribution in [2.24, 2.45) is 5.10 Å². The summed E-state index contributed by atoms with van der Waals surface area (Å²) in [6, 6.07) is 0. The summed E-state index contributed by atoms with van der Waals surface area (Å²) in [5, 5.41) is 4.32. The van der Waals surface area contributed by atoms with Gasteiger partial charge in [-0.2, -0.15) is 5.10 Å². The Morgan fingerprint density at radius 2 is 2.09 bits per heavy atom. The van der Waals surface area contributed by atoms with Crippen molar-refractivity contribution in [3.63, 3.8) is 0 Å². The van der Waals surface area contributed by atoms with Crippen molar-refractivity contribution in [1.29, 1.82) is 0 Å². The van der Waals surface area contributed by atoms with Crippen molar-refractivity contribution in [1.82, 2.24) is 10.3 Å². The fourth-order valence-electron chi connectivity index (χ4n) is 3.10. The van der Waals surface area contributed by atoms with Crippen LogP contribution in [0.15, 0.2) is 16.2 Å². The molecule has 0 atom stereocenters. The second-order valence-corrected chi connectivity index (χ2v) is 6.23. The summed E-state index contributed by atoms with van der Waals surface area (Å²) in [7, 11) is 0. The SMILES string of the molecule is CCCCCC1=C(C)CC/C1=N\NC(=O)CN1CCCC1=O. The first-order valence-electron chi connectivity index (χ1n) is 8.44. The number of unbranched alkanes of at least 4 members (excludes halogenated alkanes) is 2. The third-order valence-electron chi connectivity index (χ3n) is 4.45. The molecule has 1 fully saturated rings. The molecular weight excluding hydrogens is 278 g/mol. The highest BCUT2D eigenvalue weighted by atomic mass is 16.2. The standard InChI is InChI=1S/C17H27N3O2/c1-3-4-5-7-14-13(2)9-10-15(14)18-19-16(21)12-20-11-6-8-17(20)22/h3-12H2,1-2H3,(H,19,21)/b18-15+. The average molecular weight is 305 g/mol. The minimum absolute atomic E-state index is 0.0691. The lowest BCUT2D eigenvalue weighted by Gasteiger charge is -2.14. The quantitative estimate of drug-likeness (QED) is 0.581. The number of hydrazone groups is 1. The molecule has 0 aromatic heterocycles. The lowest BCUT2D eigenvalue weighted by atomic mass is 10.0. The minimum atomic E-state index is -0.194. The lowest BCUT2D eigenvalue weighted by molar-refractivity contribution is -0.133. The summed E-state index contributed by atoms with van der Waals surface area (Å²) < 4.78 is 0. The van der Waals surface area contributed by atoms with Gasteiger partial charge >= 0.3 is 0 Å². The molecule has 122 valence electrons. The molecule has 22 heavy (non-hydrogen) atoms. The molecule has 1 N–H and O–H groups in total. The van der Waals surface area contributed by atoms with Gasteiger partial charge in [0.05, 0.1) is 5.71 Å². The first-order valence-corrected chi connectivity index (χ1v) is 8.44. The Labute approximate surface area is 132 Å². The molecule has 2 aliphatic rings. The molecule has 1 aliphatic carbocycles. The van der Waals surface area contributed by atoms with Crippen LogP contribution in [0.3, 0.4) is 0 Å². The number of likely N-dealkylation sites (tertiary alicyclic amines) is 1. The maximum atomic E-state index is 11.9. The van der Waals surface area contributed by atoms with Gasteiger partial charge in [0.25, 0.3) is 5.91 Å². The lowest BCUT2D eigenvalue weighted by Crippen LogP contribution is -2.36. The van der Waals surface area contributed by atoms with Crippen LogP contribution in [0.25, 0.3) is 0 Å². The number of carbonyl (C=O) groups excluding carboxylic acids is 2. The van der Waals surface area contributed by atoms with Crippen LogP contribution in [0.1, 0.15) is 65.2 Å². The summed E-state index contributed by atoms with van der Waals surface area (Å²) >= 11 is 0. The molecular formula is C17H27N3O2. The maximum absolute atomic E-state index is 11.9. The van der Waals surface area contributed by atoms with E-state index in [1.165, 1.54) is 30.4 Å². The van der Waals surface area contributed by atoms with E-state index in [-0.39, 0.29) is 18.4 Å². The van der Waals surface area contributed by atoms with Gasteiger partial charge < -0.3 is 4.90 Å². The number of hydrogen-bond acceptors (Lipinski definition) is 3. The molecule has 1 heterocycles. The smallest absolute Gasteiger partial charge is 0.259 e. The second kappa shape index (κ2) is 8.11. The van der Waals surface area contributed by atoms with E-state index in [2.05, 4.69) is 24.4 Å². The molecule has 5 heteroatoms. The summed E-state index contributed by atoms with van der Waals surface area (Å²) in [4.78, 5) is 25.0. The monoisotopic (exact) mass is 305 g/mol. The fraction of sp³-hybridized carbons (Fsp3) is 0.706. The number of amides is 2. The molecule has 0 radical (unpaired) electrons. The number of allylic oxidation sites excluding steroid dienone is 2. The van der Waals surface area contributed by atoms with Gasteiger partial charge in [0, 0.05) is 13.0 Å². The molecule has 0 spiro atoms. The van der Waals surface area contributed by atoms with E-state index in [0.29, 0.717) is 13.0 Å². The van der Waals surface area contributed by atoms with Gasteiger partial charge in [-0.1, -0.05) is 25.3 Å². The summed E-state index contributed by atoms with van der Waals surface area (Å²) in [6.07, 6.45) is 8.04. The number of nitrogens with zero attached hydrogens (tertiary/aromatic N) is 2. The first-order chi connectivity index (χ1) is 10.6. The molecule has 0 unspecified atom stereocenters. The molecule has 0 aromatic carbocycles. The zero-order valence-electron chi connectivity index (χ0n) is 13.8. The van der Waals surface area contributed by atoms with Gasteiger partial charge in [0.15, 0.2) is 0 Å². The largest absolute Gasteiger partial charge is 0.333 e. The second-order valence-electron chi connectivity index (χ2n) is 6.23. The van der Waals surface area contributed by atoms with Gasteiger partial charge in [0.1, 0.15) is 6.54 Å². The third kappa shape index (κ3) is 4.42. The van der Waals surface area contributed by atoms with Gasteiger partial charge in [-0.25, -0.2) is 5.43 Å². The zero-order chi connectivity index (χ0) is 15.9. The van der Waals surface area contributed by atoms with Crippen LogP contribution in [-0.4, -0.2) is 35.5 Å². The van der Waals surface area contributed by atoms with Crippen LogP contribution in [0.4, 0.5) is 0 Å². The van der Waals surface area contributed by atoms with Crippen LogP contribution < -0.4 is 5.43 Å². The Bertz CT molecular complexity index is 494. The Kier molecular flexibility index (Phi) is 6.16. The van der Waals surface area contributed by atoms with E-state index in [1.54, 1.807) is 4.90 Å². The van der Waals surface area contributed by atoms with Crippen LogP contribution in [0.5, 0.6) is 0 Å². The van der Waals surface area contributed by atoms with Crippen molar-refractivity contribution in [2.75, 3.05) is 13.1 Å². The van der Waals surface area contributed by atoms with Crippen molar-refractivity contribution in [2.45, 2.75) is 65.2 Å². The van der Waals surface area contributed by atoms with E-state index in [0.717, 1.165) is 31.4 Å². The minimum Gasteiger partial charge on any atom is -0.333 e. The number of nitrogens with one attached hydrogen (secondary N) is 1. The Balaban J connectivity index is 1.85. The number of hydrogen-bond donors (Lipinski definition) is 1. The van der Waals surface area contributed by atoms with E-state index in [4.69, 9.17) is 0 Å². The predicted octanol–water partition coefficient (Wildman–Crippen LogP) is 2.77. The van der Waals surface area contributed by atoms with Crippen LogP contribution in [0.2, 0.25) is 0 Å². The van der Waals surface area contributed by atoms with Crippen molar-refractivity contribution in [3.05, 3.63) is 11.1 Å². The molecule has 2 amide bonds. The van der Waals surface area contributed by atoms with Crippen LogP contribution >= 0.6 is 0 Å². The molecule has 0 aromatic rings. The highest BCUT2D eigenvalue weighted by molar-refractivity contribution is 6.03. The van der Waals surface area contributed by atoms with Gasteiger partial charge in [-0.3, -0.25) is 9.59 Å². The Hall–Kier alpha value is -1.65. The van der Waals surface area contributed by atoms with Crippen molar-refractivity contribution >= 4 is 17.5 Å². The molecule has 5 nitrogen and oxygen atoms in total. The average Bonchev–Trinajstić information content (AvgIpc) is 3.05. The highest BCUT2D eigenvalue weighted by Gasteiger charge is 2.23. The molecule has 0 saturated carbocycles. The number of rotatable bonds is 7. The van der Waals surface area contributed by atoms with Gasteiger partial charge in [-0.05, 0) is 44.6 Å². The third-order valence-corrected chi connectivity index (χ3v) is 4.45. The zero-order valence-corrected chi connectivity index (χ0v) is 13.8. The molecule has 2 rings (SSSR count). The van der Waals surface area contributed by atoms with Gasteiger partial charge in [-0.15, -0.1) is 0 Å². The fourth-order valence-corrected chi connectivity index (χ4v) is 3.10. The molecule has 1 saturated heterocycles. The van der Waals surface area contributed by atoms with Crippen LogP contribution in [0, 0.1) is 0 Å². The van der Waals surface area contributed by atoms with Crippen molar-refractivity contribution < 1.29 is 9.59 Å². The van der Waals surface area contributed by atoms with Crippen LogP contribution in [-0.2, 0) is 9.59 Å². The maximum Gasteiger partial charge on any atom is 0.259 e. The van der Waals surface area contributed by atoms with Crippen molar-refractivity contribution in [3.8, 4) is 0 Å². The summed E-state index contributed by atoms with van der Waals surface area (Å²) in [6.45, 7) is 5.17. The molecule has 1 aliphatic heterocycles. The number of carbonyl (C=O) groups is 2. The Morgan fingerprint density at radius 3 is 2.77 bits per heavy atom. The van der Waals surface area contributed by atoms with Gasteiger partial charge in [0.2, 0.25) is 5.91 Å². The molecule has 0 bridgehead atoms. The topological polar surface area (TPSA) is 61.8 Å². The summed E-state index contributed by atoms with van der Waals surface area (Å²) in [5.41, 5.74) is 6.38. The highest BCUT2D eigenvalue weighted by Crippen LogP contribution is 2.27. The van der Waals surface area contributed by atoms with E-state index in [9.17, 15) is 9.59 Å². The Morgan fingerprint density at radius 1 is 1.27 bits per heavy atom. The first kappa shape index (κ1) is 16.7. The van der Waals surface area contributed by atoms with E-state index >= 15 is 0 Å². The normalized spacial score (nSPS) is 20.4.